The number of likely N-dealkylation sites (tertiary alicyclic amines) is 1. The van der Waals surface area contributed by atoms with Gasteiger partial charge in [-0.15, -0.1) is 0 Å². The molecule has 38 heavy (non-hydrogen) atoms. The number of hydrogen-bond donors (Lipinski definition) is 2. The number of carbonyl (C=O) groups excluding carboxylic acids is 1. The van der Waals surface area contributed by atoms with Gasteiger partial charge in [0.1, 0.15) is 24.2 Å². The van der Waals surface area contributed by atoms with Crippen LogP contribution in [0.5, 0.6) is 11.5 Å². The number of benzene rings is 1. The third-order valence-electron chi connectivity index (χ3n) is 6.00. The summed E-state index contributed by atoms with van der Waals surface area (Å²) in [5.41, 5.74) is 2.55. The zero-order valence-electron chi connectivity index (χ0n) is 20.6. The molecule has 12 heteroatoms. The van der Waals surface area contributed by atoms with E-state index in [1.165, 1.54) is 12.4 Å². The van der Waals surface area contributed by atoms with Gasteiger partial charge in [0.25, 0.3) is 0 Å². The van der Waals surface area contributed by atoms with E-state index in [1.807, 2.05) is 6.07 Å². The second-order valence-electron chi connectivity index (χ2n) is 8.50. The molecule has 1 aromatic carbocycles. The lowest BCUT2D eigenvalue weighted by Gasteiger charge is -2.18. The maximum Gasteiger partial charge on any atom is 0.246 e. The molecule has 11 nitrogen and oxygen atoms in total. The number of aromatic nitrogens is 5. The van der Waals surface area contributed by atoms with Crippen molar-refractivity contribution < 1.29 is 14.3 Å². The van der Waals surface area contributed by atoms with Gasteiger partial charge in [-0.25, -0.2) is 15.0 Å². The maximum atomic E-state index is 12.0. The van der Waals surface area contributed by atoms with Crippen LogP contribution < -0.4 is 20.1 Å². The molecule has 0 saturated carbocycles. The molecular formula is C26H25ClN8O3. The van der Waals surface area contributed by atoms with E-state index >= 15 is 0 Å². The van der Waals surface area contributed by atoms with Gasteiger partial charge in [0.15, 0.2) is 17.4 Å². The fraction of sp³-hybridized carbons (Fsp3) is 0.231. The highest BCUT2D eigenvalue weighted by Gasteiger charge is 2.26. The van der Waals surface area contributed by atoms with Crippen molar-refractivity contribution in [1.29, 1.82) is 0 Å². The summed E-state index contributed by atoms with van der Waals surface area (Å²) >= 11 is 6.47. The highest BCUT2D eigenvalue weighted by atomic mass is 35.5. The molecule has 194 valence electrons. The molecular weight excluding hydrogens is 508 g/mol. The summed E-state index contributed by atoms with van der Waals surface area (Å²) in [5, 5.41) is 7.10. The van der Waals surface area contributed by atoms with Gasteiger partial charge in [-0.1, -0.05) is 18.2 Å². The van der Waals surface area contributed by atoms with Crippen molar-refractivity contribution in [2.24, 2.45) is 0 Å². The quantitative estimate of drug-likeness (QED) is 0.305. The predicted molar refractivity (Wildman–Crippen MR) is 144 cm³/mol. The zero-order chi connectivity index (χ0) is 26.5. The summed E-state index contributed by atoms with van der Waals surface area (Å²) in [6, 6.07) is 7.17. The second kappa shape index (κ2) is 11.3. The number of rotatable bonds is 9. The smallest absolute Gasteiger partial charge is 0.246 e. The fourth-order valence-electron chi connectivity index (χ4n) is 4.11. The zero-order valence-corrected chi connectivity index (χ0v) is 21.4. The van der Waals surface area contributed by atoms with Gasteiger partial charge in [-0.2, -0.15) is 0 Å². The topological polar surface area (TPSA) is 127 Å². The second-order valence-corrected chi connectivity index (χ2v) is 8.91. The third kappa shape index (κ3) is 5.57. The molecule has 1 fully saturated rings. The monoisotopic (exact) mass is 532 g/mol. The van der Waals surface area contributed by atoms with Crippen LogP contribution in [0.15, 0.2) is 61.8 Å². The van der Waals surface area contributed by atoms with E-state index in [1.54, 1.807) is 48.8 Å². The number of nitrogens with zero attached hydrogens (tertiary/aromatic N) is 6. The van der Waals surface area contributed by atoms with Crippen LogP contribution in [-0.4, -0.2) is 62.0 Å². The van der Waals surface area contributed by atoms with Gasteiger partial charge in [0.05, 0.1) is 29.5 Å². The molecule has 0 spiro atoms. The van der Waals surface area contributed by atoms with Crippen LogP contribution in [0.3, 0.4) is 0 Å². The number of pyridine rings is 1. The molecule has 3 aromatic heterocycles. The van der Waals surface area contributed by atoms with Crippen molar-refractivity contribution in [3.8, 4) is 11.5 Å². The van der Waals surface area contributed by atoms with E-state index in [0.717, 1.165) is 6.42 Å². The number of methoxy groups -OCH3 is 1. The van der Waals surface area contributed by atoms with Gasteiger partial charge in [-0.3, -0.25) is 14.8 Å². The van der Waals surface area contributed by atoms with Gasteiger partial charge in [0, 0.05) is 43.3 Å². The Morgan fingerprint density at radius 1 is 1.21 bits per heavy atom. The minimum absolute atomic E-state index is 0.0204. The molecule has 0 bridgehead atoms. The van der Waals surface area contributed by atoms with Crippen LogP contribution in [0.2, 0.25) is 5.02 Å². The molecule has 1 amide bonds. The van der Waals surface area contributed by atoms with E-state index in [-0.39, 0.29) is 18.6 Å². The lowest BCUT2D eigenvalue weighted by Crippen LogP contribution is -2.30. The van der Waals surface area contributed by atoms with Crippen molar-refractivity contribution in [2.45, 2.75) is 19.1 Å². The Hall–Kier alpha value is -4.51. The summed E-state index contributed by atoms with van der Waals surface area (Å²) in [7, 11) is 1.58. The normalized spacial score (nSPS) is 14.8. The summed E-state index contributed by atoms with van der Waals surface area (Å²) in [5.74, 6) is 2.02. The Kier molecular flexibility index (Phi) is 7.45. The third-order valence-corrected chi connectivity index (χ3v) is 6.29. The number of nitrogens with one attached hydrogen (secondary N) is 2. The van der Waals surface area contributed by atoms with Crippen molar-refractivity contribution in [3.05, 3.63) is 72.6 Å². The number of carbonyl (C=O) groups is 1. The predicted octanol–water partition coefficient (Wildman–Crippen LogP) is 4.00. The SMILES string of the molecule is C=CC(=O)N1CCC(Nc2nc3c(Nc4ccc(OCc5cnccn5)c(Cl)c4)ncnc3cc2OC)C1. The Morgan fingerprint density at radius 3 is 2.87 bits per heavy atom. The molecule has 1 unspecified atom stereocenters. The number of hydrogen-bond acceptors (Lipinski definition) is 10. The minimum Gasteiger partial charge on any atom is -0.493 e. The number of anilines is 3. The molecule has 4 heterocycles. The molecule has 1 aliphatic heterocycles. The van der Waals surface area contributed by atoms with Gasteiger partial charge in [-0.05, 0) is 30.7 Å². The number of ether oxygens (including phenoxy) is 2. The lowest BCUT2D eigenvalue weighted by atomic mass is 10.2. The van der Waals surface area contributed by atoms with E-state index in [9.17, 15) is 4.79 Å². The molecule has 1 aliphatic rings. The summed E-state index contributed by atoms with van der Waals surface area (Å²) in [6.07, 6.45) is 8.41. The van der Waals surface area contributed by atoms with Gasteiger partial charge < -0.3 is 25.0 Å². The van der Waals surface area contributed by atoms with Crippen LogP contribution in [0, 0.1) is 0 Å². The van der Waals surface area contributed by atoms with Crippen molar-refractivity contribution >= 4 is 45.9 Å². The first-order valence-corrected chi connectivity index (χ1v) is 12.2. The minimum atomic E-state index is -0.0866. The average Bonchev–Trinajstić information content (AvgIpc) is 3.41. The first-order valence-electron chi connectivity index (χ1n) is 11.9. The van der Waals surface area contributed by atoms with E-state index in [0.29, 0.717) is 63.7 Å². The summed E-state index contributed by atoms with van der Waals surface area (Å²) < 4.78 is 11.3. The fourth-order valence-corrected chi connectivity index (χ4v) is 4.34. The molecule has 4 aromatic rings. The van der Waals surface area contributed by atoms with Crippen LogP contribution >= 0.6 is 11.6 Å². The molecule has 2 N–H and O–H groups in total. The number of fused-ring (bicyclic) bond motifs is 1. The summed E-state index contributed by atoms with van der Waals surface area (Å²) in [6.45, 7) is 5.01. The van der Waals surface area contributed by atoms with Gasteiger partial charge >= 0.3 is 0 Å². The highest BCUT2D eigenvalue weighted by molar-refractivity contribution is 6.32. The van der Waals surface area contributed by atoms with Gasteiger partial charge in [0.2, 0.25) is 5.91 Å². The highest BCUT2D eigenvalue weighted by Crippen LogP contribution is 2.33. The van der Waals surface area contributed by atoms with Crippen molar-refractivity contribution in [1.82, 2.24) is 29.8 Å². The van der Waals surface area contributed by atoms with E-state index in [4.69, 9.17) is 26.1 Å². The van der Waals surface area contributed by atoms with Crippen molar-refractivity contribution in [2.75, 3.05) is 30.8 Å². The van der Waals surface area contributed by atoms with Crippen LogP contribution in [0.25, 0.3) is 11.0 Å². The Morgan fingerprint density at radius 2 is 2.11 bits per heavy atom. The average molecular weight is 533 g/mol. The molecule has 0 aliphatic carbocycles. The summed E-state index contributed by atoms with van der Waals surface area (Å²) in [4.78, 5) is 35.5. The molecule has 1 saturated heterocycles. The van der Waals surface area contributed by atoms with Crippen LogP contribution in [-0.2, 0) is 11.4 Å². The first kappa shape index (κ1) is 25.2. The molecule has 0 radical (unpaired) electrons. The Bertz CT molecular complexity index is 1470. The van der Waals surface area contributed by atoms with E-state index < -0.39 is 0 Å². The standard InChI is InChI=1S/C26H25ClN8O3/c1-3-23(36)35-9-6-17(13-35)33-25-22(37-2)11-20-24(34-25)26(31-15-30-20)32-16-4-5-21(19(27)10-16)38-14-18-12-28-7-8-29-18/h3-5,7-8,10-12,15,17H,1,6,9,13-14H2,2H3,(H,33,34)(H,30,31,32). The number of halogens is 1. The van der Waals surface area contributed by atoms with Crippen molar-refractivity contribution in [3.63, 3.8) is 0 Å². The lowest BCUT2D eigenvalue weighted by molar-refractivity contribution is -0.125. The first-order chi connectivity index (χ1) is 18.5. The Labute approximate surface area is 223 Å². The van der Waals surface area contributed by atoms with Crippen LogP contribution in [0.1, 0.15) is 12.1 Å². The Balaban J connectivity index is 1.35. The van der Waals surface area contributed by atoms with Crippen LogP contribution in [0.4, 0.5) is 17.3 Å². The molecule has 1 atom stereocenters. The largest absolute Gasteiger partial charge is 0.493 e. The molecule has 5 rings (SSSR count). The van der Waals surface area contributed by atoms with E-state index in [2.05, 4.69) is 37.1 Å². The number of amides is 1. The maximum absolute atomic E-state index is 12.0.